The maximum Gasteiger partial charge on any atom is 0.141 e. The van der Waals surface area contributed by atoms with Crippen molar-refractivity contribution in [2.24, 2.45) is 0 Å². The number of aromatic nitrogens is 2. The number of anilines is 1. The summed E-state index contributed by atoms with van der Waals surface area (Å²) >= 11 is 11.8. The average Bonchev–Trinajstić information content (AvgIpc) is 2.33. The van der Waals surface area contributed by atoms with Gasteiger partial charge < -0.3 is 10.5 Å². The minimum atomic E-state index is 0.257. The summed E-state index contributed by atoms with van der Waals surface area (Å²) in [5.41, 5.74) is 6.09. The number of ether oxygens (including phenoxy) is 1. The van der Waals surface area contributed by atoms with Gasteiger partial charge in [-0.15, -0.1) is 0 Å². The fraction of sp³-hybridized carbons (Fsp3) is 0.0909. The number of hydrogen-bond donors (Lipinski definition) is 1. The summed E-state index contributed by atoms with van der Waals surface area (Å²) in [5, 5.41) is 0.838. The Kier molecular flexibility index (Phi) is 3.66. The van der Waals surface area contributed by atoms with Crippen molar-refractivity contribution in [3.05, 3.63) is 46.3 Å². The van der Waals surface area contributed by atoms with Crippen LogP contribution in [0.15, 0.2) is 30.6 Å². The van der Waals surface area contributed by atoms with E-state index in [-0.39, 0.29) is 6.61 Å². The number of halogens is 2. The molecule has 0 saturated heterocycles. The highest BCUT2D eigenvalue weighted by Gasteiger charge is 2.05. The van der Waals surface area contributed by atoms with Gasteiger partial charge in [0.2, 0.25) is 0 Å². The van der Waals surface area contributed by atoms with Gasteiger partial charge >= 0.3 is 0 Å². The van der Waals surface area contributed by atoms with Gasteiger partial charge in [-0.3, -0.25) is 4.98 Å². The van der Waals surface area contributed by atoms with Crippen LogP contribution in [0.5, 0.6) is 5.75 Å². The normalized spacial score (nSPS) is 10.2. The van der Waals surface area contributed by atoms with Gasteiger partial charge in [0, 0.05) is 0 Å². The second-order valence-electron chi connectivity index (χ2n) is 3.27. The third kappa shape index (κ3) is 2.99. The Balaban J connectivity index is 2.07. The van der Waals surface area contributed by atoms with Gasteiger partial charge in [0.15, 0.2) is 0 Å². The van der Waals surface area contributed by atoms with Gasteiger partial charge in [-0.2, -0.15) is 0 Å². The SMILES string of the molecule is Nc1cnc(COc2cccc(Cl)c2Cl)cn1. The molecule has 1 aromatic heterocycles. The molecule has 88 valence electrons. The van der Waals surface area contributed by atoms with E-state index >= 15 is 0 Å². The number of nitrogens with zero attached hydrogens (tertiary/aromatic N) is 2. The third-order valence-electron chi connectivity index (χ3n) is 2.02. The lowest BCUT2D eigenvalue weighted by Crippen LogP contribution is -2.01. The summed E-state index contributed by atoms with van der Waals surface area (Å²) < 4.78 is 5.48. The van der Waals surface area contributed by atoms with Crippen molar-refractivity contribution in [1.82, 2.24) is 9.97 Å². The molecule has 0 atom stereocenters. The third-order valence-corrected chi connectivity index (χ3v) is 2.82. The summed E-state index contributed by atoms with van der Waals surface area (Å²) in [7, 11) is 0. The zero-order chi connectivity index (χ0) is 12.3. The Hall–Kier alpha value is -1.52. The molecule has 0 amide bonds. The lowest BCUT2D eigenvalue weighted by atomic mass is 10.3. The molecule has 0 aliphatic heterocycles. The van der Waals surface area contributed by atoms with Crippen molar-refractivity contribution in [2.75, 3.05) is 5.73 Å². The van der Waals surface area contributed by atoms with E-state index in [1.54, 1.807) is 24.4 Å². The summed E-state index contributed by atoms with van der Waals surface area (Å²) in [4.78, 5) is 7.96. The first-order valence-electron chi connectivity index (χ1n) is 4.80. The summed E-state index contributed by atoms with van der Waals surface area (Å²) in [5.74, 6) is 0.882. The van der Waals surface area contributed by atoms with Crippen LogP contribution in [0.2, 0.25) is 10.0 Å². The molecule has 0 fully saturated rings. The Morgan fingerprint density at radius 3 is 2.71 bits per heavy atom. The molecule has 2 N–H and O–H groups in total. The van der Waals surface area contributed by atoms with E-state index in [0.717, 1.165) is 0 Å². The van der Waals surface area contributed by atoms with Gasteiger partial charge in [0.1, 0.15) is 23.2 Å². The second kappa shape index (κ2) is 5.21. The minimum Gasteiger partial charge on any atom is -0.486 e. The monoisotopic (exact) mass is 269 g/mol. The van der Waals surface area contributed by atoms with Crippen LogP contribution >= 0.6 is 23.2 Å². The maximum atomic E-state index is 5.97. The number of nitrogen functional groups attached to an aromatic ring is 1. The first-order valence-corrected chi connectivity index (χ1v) is 5.55. The molecule has 6 heteroatoms. The van der Waals surface area contributed by atoms with Crippen molar-refractivity contribution in [3.8, 4) is 5.75 Å². The Bertz CT molecular complexity index is 517. The van der Waals surface area contributed by atoms with E-state index in [2.05, 4.69) is 9.97 Å². The molecule has 4 nitrogen and oxygen atoms in total. The highest BCUT2D eigenvalue weighted by Crippen LogP contribution is 2.31. The quantitative estimate of drug-likeness (QED) is 0.931. The van der Waals surface area contributed by atoms with Crippen LogP contribution in [0, 0.1) is 0 Å². The predicted molar refractivity (Wildman–Crippen MR) is 67.2 cm³/mol. The zero-order valence-corrected chi connectivity index (χ0v) is 10.2. The van der Waals surface area contributed by atoms with Crippen LogP contribution < -0.4 is 10.5 Å². The lowest BCUT2D eigenvalue weighted by Gasteiger charge is -2.08. The van der Waals surface area contributed by atoms with Crippen LogP contribution in [0.1, 0.15) is 5.69 Å². The molecule has 0 saturated carbocycles. The van der Waals surface area contributed by atoms with Crippen LogP contribution in [-0.4, -0.2) is 9.97 Å². The number of nitrogens with two attached hydrogens (primary N) is 1. The molecule has 17 heavy (non-hydrogen) atoms. The van der Waals surface area contributed by atoms with Gasteiger partial charge in [-0.05, 0) is 12.1 Å². The fourth-order valence-corrected chi connectivity index (χ4v) is 1.53. The van der Waals surface area contributed by atoms with Crippen molar-refractivity contribution in [1.29, 1.82) is 0 Å². The first-order chi connectivity index (χ1) is 8.16. The Morgan fingerprint density at radius 1 is 1.18 bits per heavy atom. The standard InChI is InChI=1S/C11H9Cl2N3O/c12-8-2-1-3-9(11(8)13)17-6-7-4-16-10(14)5-15-7/h1-5H,6H2,(H2,14,16). The van der Waals surface area contributed by atoms with E-state index in [0.29, 0.717) is 27.3 Å². The second-order valence-corrected chi connectivity index (χ2v) is 4.06. The lowest BCUT2D eigenvalue weighted by molar-refractivity contribution is 0.301. The van der Waals surface area contributed by atoms with E-state index in [1.807, 2.05) is 0 Å². The van der Waals surface area contributed by atoms with E-state index < -0.39 is 0 Å². The van der Waals surface area contributed by atoms with Crippen LogP contribution in [0.4, 0.5) is 5.82 Å². The number of benzene rings is 1. The van der Waals surface area contributed by atoms with Crippen molar-refractivity contribution >= 4 is 29.0 Å². The molecule has 0 radical (unpaired) electrons. The number of hydrogen-bond acceptors (Lipinski definition) is 4. The topological polar surface area (TPSA) is 61.0 Å². The summed E-state index contributed by atoms with van der Waals surface area (Å²) in [6.07, 6.45) is 3.02. The van der Waals surface area contributed by atoms with Crippen molar-refractivity contribution in [3.63, 3.8) is 0 Å². The van der Waals surface area contributed by atoms with Gasteiger partial charge in [0.25, 0.3) is 0 Å². The number of rotatable bonds is 3. The molecular formula is C11H9Cl2N3O. The molecule has 2 aromatic rings. The molecule has 0 aliphatic carbocycles. The predicted octanol–water partition coefficient (Wildman–Crippen LogP) is 2.94. The van der Waals surface area contributed by atoms with E-state index in [1.165, 1.54) is 6.20 Å². The van der Waals surface area contributed by atoms with E-state index in [9.17, 15) is 0 Å². The summed E-state index contributed by atoms with van der Waals surface area (Å²) in [6, 6.07) is 5.19. The molecule has 2 rings (SSSR count). The van der Waals surface area contributed by atoms with Gasteiger partial charge in [-0.1, -0.05) is 29.3 Å². The molecular weight excluding hydrogens is 261 g/mol. The van der Waals surface area contributed by atoms with Crippen molar-refractivity contribution < 1.29 is 4.74 Å². The van der Waals surface area contributed by atoms with Crippen molar-refractivity contribution in [2.45, 2.75) is 6.61 Å². The maximum absolute atomic E-state index is 5.97. The fourth-order valence-electron chi connectivity index (χ4n) is 1.19. The molecule has 0 aliphatic rings. The van der Waals surface area contributed by atoms with Gasteiger partial charge in [0.05, 0.1) is 23.1 Å². The Morgan fingerprint density at radius 2 is 2.00 bits per heavy atom. The largest absolute Gasteiger partial charge is 0.486 e. The van der Waals surface area contributed by atoms with Crippen LogP contribution in [0.3, 0.4) is 0 Å². The highest BCUT2D eigenvalue weighted by molar-refractivity contribution is 6.42. The first kappa shape index (κ1) is 12.0. The highest BCUT2D eigenvalue weighted by atomic mass is 35.5. The molecule has 1 aromatic carbocycles. The molecule has 0 spiro atoms. The Labute approximate surface area is 108 Å². The van der Waals surface area contributed by atoms with E-state index in [4.69, 9.17) is 33.7 Å². The minimum absolute atomic E-state index is 0.257. The van der Waals surface area contributed by atoms with Crippen LogP contribution in [0.25, 0.3) is 0 Å². The smallest absolute Gasteiger partial charge is 0.141 e. The summed E-state index contributed by atoms with van der Waals surface area (Å²) in [6.45, 7) is 0.257. The van der Waals surface area contributed by atoms with Crippen LogP contribution in [-0.2, 0) is 6.61 Å². The zero-order valence-electron chi connectivity index (χ0n) is 8.73. The molecule has 0 bridgehead atoms. The molecule has 1 heterocycles. The van der Waals surface area contributed by atoms with Gasteiger partial charge in [-0.25, -0.2) is 4.98 Å². The molecule has 0 unspecified atom stereocenters. The average molecular weight is 270 g/mol.